The van der Waals surface area contributed by atoms with Crippen molar-refractivity contribution >= 4 is 16.0 Å². The van der Waals surface area contributed by atoms with Gasteiger partial charge in [-0.2, -0.15) is 4.98 Å². The Labute approximate surface area is 141 Å². The molecule has 130 valence electrons. The Morgan fingerprint density at radius 3 is 2.40 bits per heavy atom. The van der Waals surface area contributed by atoms with Crippen LogP contribution < -0.4 is 4.72 Å². The van der Waals surface area contributed by atoms with Gasteiger partial charge >= 0.3 is 0 Å². The van der Waals surface area contributed by atoms with Crippen LogP contribution >= 0.6 is 0 Å². The number of hydrogen-bond acceptors (Lipinski definition) is 4. The van der Waals surface area contributed by atoms with Gasteiger partial charge < -0.3 is 0 Å². The van der Waals surface area contributed by atoms with Crippen molar-refractivity contribution in [1.29, 1.82) is 0 Å². The van der Waals surface area contributed by atoms with Crippen molar-refractivity contribution in [3.63, 3.8) is 0 Å². The minimum absolute atomic E-state index is 0.230. The third-order valence-electron chi connectivity index (χ3n) is 3.22. The molecular formula is C15H11F3N4O2S. The van der Waals surface area contributed by atoms with E-state index in [1.165, 1.54) is 23.1 Å². The lowest BCUT2D eigenvalue weighted by Crippen LogP contribution is -2.15. The van der Waals surface area contributed by atoms with Crippen molar-refractivity contribution in [1.82, 2.24) is 14.8 Å². The van der Waals surface area contributed by atoms with Gasteiger partial charge in [-0.1, -0.05) is 12.1 Å². The molecule has 10 heteroatoms. The van der Waals surface area contributed by atoms with Crippen LogP contribution in [0.5, 0.6) is 0 Å². The van der Waals surface area contributed by atoms with E-state index in [4.69, 9.17) is 0 Å². The first-order chi connectivity index (χ1) is 11.8. The third-order valence-corrected chi connectivity index (χ3v) is 4.55. The Bertz CT molecular complexity index is 1000. The molecule has 2 aromatic carbocycles. The van der Waals surface area contributed by atoms with Crippen LogP contribution in [0, 0.1) is 17.5 Å². The van der Waals surface area contributed by atoms with Crippen molar-refractivity contribution in [2.24, 2.45) is 0 Å². The highest BCUT2D eigenvalue weighted by Gasteiger charge is 2.18. The molecule has 0 aliphatic carbocycles. The summed E-state index contributed by atoms with van der Waals surface area (Å²) >= 11 is 0. The summed E-state index contributed by atoms with van der Waals surface area (Å²) in [5.74, 6) is -3.03. The summed E-state index contributed by atoms with van der Waals surface area (Å²) in [5, 5.41) is 3.93. The number of nitrogens with one attached hydrogen (secondary N) is 1. The average Bonchev–Trinajstić information content (AvgIpc) is 2.98. The molecule has 0 fully saturated rings. The summed E-state index contributed by atoms with van der Waals surface area (Å²) in [7, 11) is -4.16. The van der Waals surface area contributed by atoms with E-state index < -0.39 is 26.6 Å². The van der Waals surface area contributed by atoms with Crippen molar-refractivity contribution < 1.29 is 21.6 Å². The number of hydrogen-bond donors (Lipinski definition) is 1. The van der Waals surface area contributed by atoms with Crippen LogP contribution in [0.3, 0.4) is 0 Å². The van der Waals surface area contributed by atoms with Gasteiger partial charge in [0.05, 0.1) is 11.4 Å². The van der Waals surface area contributed by atoms with Crippen LogP contribution in [-0.4, -0.2) is 23.2 Å². The smallest absolute Gasteiger partial charge is 0.246 e. The van der Waals surface area contributed by atoms with E-state index in [0.717, 1.165) is 11.6 Å². The molecule has 1 heterocycles. The number of halogens is 3. The molecule has 3 aromatic rings. The first-order valence-electron chi connectivity index (χ1n) is 6.95. The largest absolute Gasteiger partial charge is 0.264 e. The first-order valence-corrected chi connectivity index (χ1v) is 8.43. The number of anilines is 1. The zero-order chi connectivity index (χ0) is 18.0. The summed E-state index contributed by atoms with van der Waals surface area (Å²) in [5.41, 5.74) is 0.737. The highest BCUT2D eigenvalue weighted by atomic mass is 32.2. The molecule has 1 aromatic heterocycles. The molecule has 0 aliphatic heterocycles. The van der Waals surface area contributed by atoms with E-state index in [2.05, 4.69) is 14.8 Å². The molecule has 0 spiro atoms. The summed E-state index contributed by atoms with van der Waals surface area (Å²) in [6.45, 7) is 0.250. The highest BCUT2D eigenvalue weighted by Crippen LogP contribution is 2.16. The second-order valence-electron chi connectivity index (χ2n) is 5.07. The number of benzene rings is 2. The lowest BCUT2D eigenvalue weighted by Gasteiger charge is -2.05. The van der Waals surface area contributed by atoms with E-state index in [1.807, 2.05) is 0 Å². The minimum Gasteiger partial charge on any atom is -0.246 e. The first kappa shape index (κ1) is 17.0. The Balaban J connectivity index is 1.75. The summed E-state index contributed by atoms with van der Waals surface area (Å²) in [6.07, 6.45) is 1.28. The summed E-state index contributed by atoms with van der Waals surface area (Å²) in [4.78, 5) is 3.34. The SMILES string of the molecule is O=S(=O)(Nc1ncn(Cc2ccc(F)cc2)n1)c1ccc(F)c(F)c1. The molecule has 0 bridgehead atoms. The predicted octanol–water partition coefficient (Wildman–Crippen LogP) is 2.54. The van der Waals surface area contributed by atoms with E-state index in [0.29, 0.717) is 12.1 Å². The van der Waals surface area contributed by atoms with Crippen molar-refractivity contribution in [3.05, 3.63) is 71.8 Å². The maximum atomic E-state index is 13.2. The normalized spacial score (nSPS) is 11.5. The molecule has 0 aliphatic rings. The van der Waals surface area contributed by atoms with E-state index in [9.17, 15) is 21.6 Å². The Morgan fingerprint density at radius 2 is 1.72 bits per heavy atom. The molecule has 3 rings (SSSR count). The van der Waals surface area contributed by atoms with Gasteiger partial charge in [0.15, 0.2) is 11.6 Å². The molecule has 0 saturated carbocycles. The maximum absolute atomic E-state index is 13.2. The molecule has 0 radical (unpaired) electrons. The highest BCUT2D eigenvalue weighted by molar-refractivity contribution is 7.92. The Hall–Kier alpha value is -2.88. The molecule has 6 nitrogen and oxygen atoms in total. The average molecular weight is 368 g/mol. The summed E-state index contributed by atoms with van der Waals surface area (Å²) in [6, 6.07) is 7.90. The zero-order valence-corrected chi connectivity index (χ0v) is 13.3. The number of rotatable bonds is 5. The molecule has 25 heavy (non-hydrogen) atoms. The van der Waals surface area contributed by atoms with Gasteiger partial charge in [0.25, 0.3) is 16.0 Å². The topological polar surface area (TPSA) is 76.9 Å². The van der Waals surface area contributed by atoms with Gasteiger partial charge in [-0.3, -0.25) is 0 Å². The fourth-order valence-electron chi connectivity index (χ4n) is 2.02. The van der Waals surface area contributed by atoms with E-state index in [-0.39, 0.29) is 18.3 Å². The van der Waals surface area contributed by atoms with Crippen LogP contribution in [-0.2, 0) is 16.6 Å². The van der Waals surface area contributed by atoms with Crippen LogP contribution in [0.2, 0.25) is 0 Å². The minimum atomic E-state index is -4.16. The standard InChI is InChI=1S/C15H11F3N4O2S/c16-11-3-1-10(2-4-11)8-22-9-19-15(20-22)21-25(23,24)12-5-6-13(17)14(18)7-12/h1-7,9H,8H2,(H,20,21). The second kappa shape index (κ2) is 6.55. The fraction of sp³-hybridized carbons (Fsp3) is 0.0667. The third kappa shape index (κ3) is 3.97. The quantitative estimate of drug-likeness (QED) is 0.751. The van der Waals surface area contributed by atoms with E-state index in [1.54, 1.807) is 12.1 Å². The van der Waals surface area contributed by atoms with Crippen LogP contribution in [0.15, 0.2) is 53.7 Å². The van der Waals surface area contributed by atoms with Crippen LogP contribution in [0.1, 0.15) is 5.56 Å². The van der Waals surface area contributed by atoms with Crippen molar-refractivity contribution in [2.75, 3.05) is 4.72 Å². The van der Waals surface area contributed by atoms with Gasteiger partial charge in [-0.15, -0.1) is 5.10 Å². The molecule has 0 amide bonds. The lowest BCUT2D eigenvalue weighted by atomic mass is 10.2. The number of nitrogens with zero attached hydrogens (tertiary/aromatic N) is 3. The molecule has 0 unspecified atom stereocenters. The monoisotopic (exact) mass is 368 g/mol. The molecule has 1 N–H and O–H groups in total. The zero-order valence-electron chi connectivity index (χ0n) is 12.5. The van der Waals surface area contributed by atoms with Gasteiger partial charge in [-0.25, -0.2) is 31.0 Å². The van der Waals surface area contributed by atoms with Gasteiger partial charge in [0.1, 0.15) is 12.1 Å². The van der Waals surface area contributed by atoms with Crippen LogP contribution in [0.25, 0.3) is 0 Å². The second-order valence-corrected chi connectivity index (χ2v) is 6.76. The molecule has 0 atom stereocenters. The van der Waals surface area contributed by atoms with E-state index >= 15 is 0 Å². The summed E-state index contributed by atoms with van der Waals surface area (Å²) < 4.78 is 66.7. The fourth-order valence-corrected chi connectivity index (χ4v) is 2.98. The van der Waals surface area contributed by atoms with Crippen molar-refractivity contribution in [2.45, 2.75) is 11.4 Å². The van der Waals surface area contributed by atoms with Crippen molar-refractivity contribution in [3.8, 4) is 0 Å². The van der Waals surface area contributed by atoms with Gasteiger partial charge in [-0.05, 0) is 35.9 Å². The number of sulfonamides is 1. The molecular weight excluding hydrogens is 357 g/mol. The lowest BCUT2D eigenvalue weighted by molar-refractivity contribution is 0.504. The van der Waals surface area contributed by atoms with Crippen LogP contribution in [0.4, 0.5) is 19.1 Å². The van der Waals surface area contributed by atoms with Gasteiger partial charge in [0, 0.05) is 0 Å². The number of aromatic nitrogens is 3. The predicted molar refractivity (Wildman–Crippen MR) is 82.7 cm³/mol. The maximum Gasteiger partial charge on any atom is 0.264 e. The van der Waals surface area contributed by atoms with Gasteiger partial charge in [0.2, 0.25) is 0 Å². The Kier molecular flexibility index (Phi) is 4.45. The molecule has 0 saturated heterocycles. The Morgan fingerprint density at radius 1 is 1.00 bits per heavy atom.